The molecule has 4 rings (SSSR count). The molecule has 2 aliphatic heterocycles. The summed E-state index contributed by atoms with van der Waals surface area (Å²) in [6.45, 7) is 2.07. The average Bonchev–Trinajstić information content (AvgIpc) is 2.97. The Kier molecular flexibility index (Phi) is 5.60. The minimum absolute atomic E-state index is 0.00377. The lowest BCUT2D eigenvalue weighted by Crippen LogP contribution is -2.23. The third kappa shape index (κ3) is 4.16. The summed E-state index contributed by atoms with van der Waals surface area (Å²) in [5, 5.41) is 3.35. The van der Waals surface area contributed by atoms with Crippen molar-refractivity contribution in [1.29, 1.82) is 0 Å². The molecule has 2 aromatic rings. The number of carbonyl (C=O) groups is 1. The maximum atomic E-state index is 12.8. The minimum atomic E-state index is -0.00377. The number of ether oxygens (including phenoxy) is 4. The first-order valence-electron chi connectivity index (χ1n) is 9.80. The Hall–Kier alpha value is -3.15. The van der Waals surface area contributed by atoms with Crippen LogP contribution in [-0.2, 0) is 17.6 Å². The Labute approximate surface area is 170 Å². The van der Waals surface area contributed by atoms with E-state index in [1.165, 1.54) is 0 Å². The van der Waals surface area contributed by atoms with Gasteiger partial charge in [-0.2, -0.15) is 0 Å². The quantitative estimate of drug-likeness (QED) is 0.785. The smallest absolute Gasteiger partial charge is 0.162 e. The van der Waals surface area contributed by atoms with Crippen LogP contribution in [0.5, 0.6) is 23.0 Å². The molecule has 2 aliphatic rings. The zero-order chi connectivity index (χ0) is 20.2. The van der Waals surface area contributed by atoms with Gasteiger partial charge in [0.15, 0.2) is 17.3 Å². The van der Waals surface area contributed by atoms with E-state index in [-0.39, 0.29) is 12.2 Å². The number of nitrogens with one attached hydrogen (secondary N) is 1. The number of methoxy groups -OCH3 is 2. The molecule has 0 atom stereocenters. The zero-order valence-electron chi connectivity index (χ0n) is 16.7. The predicted octanol–water partition coefficient (Wildman–Crippen LogP) is 3.16. The van der Waals surface area contributed by atoms with Crippen molar-refractivity contribution in [2.75, 3.05) is 34.0 Å². The summed E-state index contributed by atoms with van der Waals surface area (Å²) >= 11 is 0. The molecular formula is C23H25NO5. The molecule has 0 saturated carbocycles. The van der Waals surface area contributed by atoms with Gasteiger partial charge < -0.3 is 24.3 Å². The number of hydrogen-bond acceptors (Lipinski definition) is 6. The SMILES string of the molecule is COc1ccc(CC(=O)C=C2NCCc3cc4c(cc32)OCCCO4)c(OC)c1. The lowest BCUT2D eigenvalue weighted by Gasteiger charge is -2.23. The summed E-state index contributed by atoms with van der Waals surface area (Å²) in [4.78, 5) is 12.8. The number of ketones is 1. The number of hydrogen-bond donors (Lipinski definition) is 1. The van der Waals surface area contributed by atoms with Crippen molar-refractivity contribution < 1.29 is 23.7 Å². The maximum Gasteiger partial charge on any atom is 0.162 e. The first kappa shape index (κ1) is 19.2. The molecule has 0 spiro atoms. The number of allylic oxidation sites excluding steroid dienone is 1. The van der Waals surface area contributed by atoms with Crippen molar-refractivity contribution in [3.63, 3.8) is 0 Å². The van der Waals surface area contributed by atoms with E-state index in [0.717, 1.165) is 53.3 Å². The van der Waals surface area contributed by atoms with Crippen molar-refractivity contribution in [1.82, 2.24) is 5.32 Å². The summed E-state index contributed by atoms with van der Waals surface area (Å²) < 4.78 is 22.3. The Morgan fingerprint density at radius 1 is 1.10 bits per heavy atom. The standard InChI is InChI=1S/C23H25NO5/c1-26-18-5-4-16(21(13-18)27-2)10-17(25)12-20-19-14-23-22(28-8-3-9-29-23)11-15(19)6-7-24-20/h4-5,11-14,24H,3,6-10H2,1-2H3. The van der Waals surface area contributed by atoms with E-state index in [2.05, 4.69) is 5.32 Å². The zero-order valence-corrected chi connectivity index (χ0v) is 16.7. The summed E-state index contributed by atoms with van der Waals surface area (Å²) in [6.07, 6.45) is 3.66. The van der Waals surface area contributed by atoms with Gasteiger partial charge in [0, 0.05) is 48.4 Å². The monoisotopic (exact) mass is 395 g/mol. The second-order valence-electron chi connectivity index (χ2n) is 7.06. The number of rotatable bonds is 5. The molecule has 152 valence electrons. The highest BCUT2D eigenvalue weighted by Gasteiger charge is 2.21. The van der Waals surface area contributed by atoms with Crippen LogP contribution < -0.4 is 24.3 Å². The van der Waals surface area contributed by atoms with Crippen LogP contribution in [-0.4, -0.2) is 39.8 Å². The highest BCUT2D eigenvalue weighted by molar-refractivity contribution is 5.98. The lowest BCUT2D eigenvalue weighted by atomic mass is 9.95. The van der Waals surface area contributed by atoms with Gasteiger partial charge in [-0.05, 0) is 30.2 Å². The molecule has 0 amide bonds. The van der Waals surface area contributed by atoms with Gasteiger partial charge in [0.05, 0.1) is 27.4 Å². The molecule has 2 aromatic carbocycles. The van der Waals surface area contributed by atoms with Crippen LogP contribution in [0.2, 0.25) is 0 Å². The summed E-state index contributed by atoms with van der Waals surface area (Å²) in [5.74, 6) is 2.86. The van der Waals surface area contributed by atoms with Crippen LogP contribution in [0.1, 0.15) is 23.1 Å². The molecule has 6 heteroatoms. The Bertz CT molecular complexity index is 951. The molecule has 0 aliphatic carbocycles. The van der Waals surface area contributed by atoms with Crippen LogP contribution in [0.4, 0.5) is 0 Å². The van der Waals surface area contributed by atoms with Crippen LogP contribution in [0, 0.1) is 0 Å². The molecule has 6 nitrogen and oxygen atoms in total. The van der Waals surface area contributed by atoms with Gasteiger partial charge in [-0.15, -0.1) is 0 Å². The average molecular weight is 395 g/mol. The summed E-state index contributed by atoms with van der Waals surface area (Å²) in [7, 11) is 3.19. The third-order valence-corrected chi connectivity index (χ3v) is 5.14. The number of fused-ring (bicyclic) bond motifs is 2. The van der Waals surface area contributed by atoms with E-state index in [1.54, 1.807) is 26.4 Å². The molecule has 1 N–H and O–H groups in total. The highest BCUT2D eigenvalue weighted by Crippen LogP contribution is 2.36. The molecule has 0 bridgehead atoms. The number of carbonyl (C=O) groups excluding carboxylic acids is 1. The molecule has 0 fully saturated rings. The summed E-state index contributed by atoms with van der Waals surface area (Å²) in [6, 6.07) is 9.51. The van der Waals surface area contributed by atoms with Gasteiger partial charge in [-0.25, -0.2) is 0 Å². The lowest BCUT2D eigenvalue weighted by molar-refractivity contribution is -0.114. The van der Waals surface area contributed by atoms with Crippen molar-refractivity contribution in [2.24, 2.45) is 0 Å². The normalized spacial score (nSPS) is 16.4. The molecular weight excluding hydrogens is 370 g/mol. The Balaban J connectivity index is 1.60. The second kappa shape index (κ2) is 8.47. The van der Waals surface area contributed by atoms with E-state index in [4.69, 9.17) is 18.9 Å². The van der Waals surface area contributed by atoms with E-state index >= 15 is 0 Å². The molecule has 0 aromatic heterocycles. The van der Waals surface area contributed by atoms with E-state index in [1.807, 2.05) is 24.3 Å². The van der Waals surface area contributed by atoms with Gasteiger partial charge in [0.2, 0.25) is 0 Å². The first-order chi connectivity index (χ1) is 14.2. The maximum absolute atomic E-state index is 12.8. The van der Waals surface area contributed by atoms with Crippen molar-refractivity contribution in [2.45, 2.75) is 19.3 Å². The van der Waals surface area contributed by atoms with Crippen LogP contribution in [0.15, 0.2) is 36.4 Å². The Morgan fingerprint density at radius 3 is 2.66 bits per heavy atom. The molecule has 0 saturated heterocycles. The van der Waals surface area contributed by atoms with Gasteiger partial charge in [-0.1, -0.05) is 6.07 Å². The second-order valence-corrected chi connectivity index (χ2v) is 7.06. The van der Waals surface area contributed by atoms with E-state index in [9.17, 15) is 4.79 Å². The molecule has 0 unspecified atom stereocenters. The number of benzene rings is 2. The fourth-order valence-electron chi connectivity index (χ4n) is 3.66. The van der Waals surface area contributed by atoms with Crippen LogP contribution in [0.3, 0.4) is 0 Å². The first-order valence-corrected chi connectivity index (χ1v) is 9.80. The van der Waals surface area contributed by atoms with Crippen molar-refractivity contribution in [3.05, 3.63) is 53.1 Å². The van der Waals surface area contributed by atoms with Crippen LogP contribution in [0.25, 0.3) is 5.70 Å². The van der Waals surface area contributed by atoms with Gasteiger partial charge in [-0.3, -0.25) is 4.79 Å². The van der Waals surface area contributed by atoms with Crippen molar-refractivity contribution in [3.8, 4) is 23.0 Å². The van der Waals surface area contributed by atoms with Gasteiger partial charge >= 0.3 is 0 Å². The molecule has 2 heterocycles. The van der Waals surface area contributed by atoms with Crippen LogP contribution >= 0.6 is 0 Å². The van der Waals surface area contributed by atoms with Crippen molar-refractivity contribution >= 4 is 11.5 Å². The largest absolute Gasteiger partial charge is 0.497 e. The van der Waals surface area contributed by atoms with E-state index in [0.29, 0.717) is 24.7 Å². The summed E-state index contributed by atoms with van der Waals surface area (Å²) in [5.41, 5.74) is 3.80. The molecule has 29 heavy (non-hydrogen) atoms. The fraction of sp³-hybridized carbons (Fsp3) is 0.348. The predicted molar refractivity (Wildman–Crippen MR) is 110 cm³/mol. The third-order valence-electron chi connectivity index (χ3n) is 5.14. The topological polar surface area (TPSA) is 66.0 Å². The fourth-order valence-corrected chi connectivity index (χ4v) is 3.66. The minimum Gasteiger partial charge on any atom is -0.497 e. The highest BCUT2D eigenvalue weighted by atomic mass is 16.5. The van der Waals surface area contributed by atoms with E-state index < -0.39 is 0 Å². The van der Waals surface area contributed by atoms with Gasteiger partial charge in [0.25, 0.3) is 0 Å². The Morgan fingerprint density at radius 2 is 1.90 bits per heavy atom. The van der Waals surface area contributed by atoms with Gasteiger partial charge in [0.1, 0.15) is 11.5 Å². The molecule has 0 radical (unpaired) electrons.